The van der Waals surface area contributed by atoms with Gasteiger partial charge in [0.05, 0.1) is 23.8 Å². The molecule has 1 aliphatic rings. The molecule has 1 atom stereocenters. The lowest BCUT2D eigenvalue weighted by atomic mass is 9.89. The minimum absolute atomic E-state index is 0.0852. The van der Waals surface area contributed by atoms with Crippen LogP contribution in [0.5, 0.6) is 0 Å². The van der Waals surface area contributed by atoms with Crippen molar-refractivity contribution in [3.05, 3.63) is 45.7 Å². The molecule has 120 valence electrons. The molecule has 0 aliphatic carbocycles. The van der Waals surface area contributed by atoms with Crippen LogP contribution < -0.4 is 5.32 Å². The van der Waals surface area contributed by atoms with Gasteiger partial charge in [0.2, 0.25) is 5.91 Å². The molecule has 0 spiro atoms. The SMILES string of the molecule is CN1C(=N)N[C@](C)(c2cnn(-c3cc(Cl)cc(Br)c3)c2)CC1=O. The minimum atomic E-state index is -0.658. The molecule has 0 unspecified atom stereocenters. The molecule has 23 heavy (non-hydrogen) atoms. The largest absolute Gasteiger partial charge is 0.346 e. The van der Waals surface area contributed by atoms with Crippen LogP contribution in [0.15, 0.2) is 35.1 Å². The van der Waals surface area contributed by atoms with E-state index in [1.807, 2.05) is 19.2 Å². The van der Waals surface area contributed by atoms with Crippen LogP contribution in [-0.2, 0) is 10.3 Å². The van der Waals surface area contributed by atoms with Gasteiger partial charge >= 0.3 is 0 Å². The molecule has 2 N–H and O–H groups in total. The Morgan fingerprint density at radius 2 is 2.17 bits per heavy atom. The van der Waals surface area contributed by atoms with Crippen molar-refractivity contribution in [1.29, 1.82) is 5.41 Å². The zero-order valence-corrected chi connectivity index (χ0v) is 14.9. The van der Waals surface area contributed by atoms with E-state index < -0.39 is 5.54 Å². The van der Waals surface area contributed by atoms with E-state index in [9.17, 15) is 4.79 Å². The molecule has 1 aromatic carbocycles. The summed E-state index contributed by atoms with van der Waals surface area (Å²) in [6.45, 7) is 1.89. The first-order valence-electron chi connectivity index (χ1n) is 6.93. The van der Waals surface area contributed by atoms with Crippen molar-refractivity contribution in [3.8, 4) is 5.69 Å². The van der Waals surface area contributed by atoms with Gasteiger partial charge in [-0.1, -0.05) is 27.5 Å². The Bertz CT molecular complexity index is 765. The van der Waals surface area contributed by atoms with Crippen molar-refractivity contribution in [2.75, 3.05) is 7.05 Å². The third kappa shape index (κ3) is 2.98. The summed E-state index contributed by atoms with van der Waals surface area (Å²) in [5.74, 6) is -0.0171. The van der Waals surface area contributed by atoms with Crippen molar-refractivity contribution in [1.82, 2.24) is 20.0 Å². The highest BCUT2D eigenvalue weighted by atomic mass is 79.9. The number of guanidine groups is 1. The Morgan fingerprint density at radius 1 is 1.43 bits per heavy atom. The maximum absolute atomic E-state index is 12.1. The van der Waals surface area contributed by atoms with Crippen LogP contribution in [0.3, 0.4) is 0 Å². The van der Waals surface area contributed by atoms with Crippen LogP contribution in [0.25, 0.3) is 5.69 Å². The highest BCUT2D eigenvalue weighted by Crippen LogP contribution is 2.29. The highest BCUT2D eigenvalue weighted by Gasteiger charge is 2.38. The molecule has 1 amide bonds. The number of hydrogen-bond donors (Lipinski definition) is 2. The number of hydrogen-bond acceptors (Lipinski definition) is 3. The molecule has 1 saturated heterocycles. The Kier molecular flexibility index (Phi) is 3.93. The summed E-state index contributed by atoms with van der Waals surface area (Å²) in [6, 6.07) is 5.51. The molecule has 1 aliphatic heterocycles. The fraction of sp³-hybridized carbons (Fsp3) is 0.267. The lowest BCUT2D eigenvalue weighted by molar-refractivity contribution is -0.129. The van der Waals surface area contributed by atoms with E-state index >= 15 is 0 Å². The standard InChI is InChI=1S/C15H15BrClN5O/c1-15(6-13(23)21(2)14(18)20-15)9-7-19-22(8-9)12-4-10(16)3-11(17)5-12/h3-5,7-8H,6H2,1-2H3,(H2,18,20)/t15-/m0/s1. The third-order valence-electron chi connectivity index (χ3n) is 3.94. The Labute approximate surface area is 147 Å². The molecule has 0 saturated carbocycles. The zero-order chi connectivity index (χ0) is 16.8. The van der Waals surface area contributed by atoms with Gasteiger partial charge in [-0.05, 0) is 25.1 Å². The quantitative estimate of drug-likeness (QED) is 0.820. The number of carbonyl (C=O) groups excluding carboxylic acids is 1. The predicted molar refractivity (Wildman–Crippen MR) is 91.9 cm³/mol. The smallest absolute Gasteiger partial charge is 0.231 e. The van der Waals surface area contributed by atoms with Gasteiger partial charge in [-0.25, -0.2) is 4.68 Å². The lowest BCUT2D eigenvalue weighted by Crippen LogP contribution is -2.58. The Hall–Kier alpha value is -1.86. The topological polar surface area (TPSA) is 74.0 Å². The number of nitrogens with one attached hydrogen (secondary N) is 2. The predicted octanol–water partition coefficient (Wildman–Crippen LogP) is 2.89. The van der Waals surface area contributed by atoms with Gasteiger partial charge in [0.25, 0.3) is 0 Å². The highest BCUT2D eigenvalue weighted by molar-refractivity contribution is 9.10. The number of benzene rings is 1. The maximum atomic E-state index is 12.1. The third-order valence-corrected chi connectivity index (χ3v) is 4.62. The molecule has 2 heterocycles. The van der Waals surface area contributed by atoms with E-state index in [-0.39, 0.29) is 18.3 Å². The number of aromatic nitrogens is 2. The molecule has 3 rings (SSSR count). The Morgan fingerprint density at radius 3 is 2.83 bits per heavy atom. The first kappa shape index (κ1) is 16.0. The van der Waals surface area contributed by atoms with Gasteiger partial charge in [0.1, 0.15) is 0 Å². The number of halogens is 2. The molecule has 0 bridgehead atoms. The summed E-state index contributed by atoms with van der Waals surface area (Å²) in [6.07, 6.45) is 3.81. The summed E-state index contributed by atoms with van der Waals surface area (Å²) in [5.41, 5.74) is 0.989. The Balaban J connectivity index is 1.95. The van der Waals surface area contributed by atoms with E-state index in [2.05, 4.69) is 26.3 Å². The minimum Gasteiger partial charge on any atom is -0.346 e. The lowest BCUT2D eigenvalue weighted by Gasteiger charge is -2.38. The molecular weight excluding hydrogens is 382 g/mol. The molecule has 1 fully saturated rings. The second kappa shape index (κ2) is 5.65. The fourth-order valence-corrected chi connectivity index (χ4v) is 3.37. The van der Waals surface area contributed by atoms with Crippen molar-refractivity contribution < 1.29 is 4.79 Å². The first-order valence-corrected chi connectivity index (χ1v) is 8.10. The molecular formula is C15H15BrClN5O. The molecule has 1 aromatic heterocycles. The average Bonchev–Trinajstić information content (AvgIpc) is 2.94. The van der Waals surface area contributed by atoms with Crippen molar-refractivity contribution in [2.45, 2.75) is 18.9 Å². The zero-order valence-electron chi connectivity index (χ0n) is 12.6. The van der Waals surface area contributed by atoms with E-state index in [0.717, 1.165) is 15.7 Å². The van der Waals surface area contributed by atoms with Gasteiger partial charge in [-0.3, -0.25) is 15.1 Å². The average molecular weight is 397 g/mol. The van der Waals surface area contributed by atoms with E-state index in [4.69, 9.17) is 17.0 Å². The molecule has 2 aromatic rings. The number of nitrogens with zero attached hydrogens (tertiary/aromatic N) is 3. The summed E-state index contributed by atoms with van der Waals surface area (Å²) in [7, 11) is 1.59. The van der Waals surface area contributed by atoms with Crippen molar-refractivity contribution in [2.24, 2.45) is 0 Å². The van der Waals surface area contributed by atoms with Crippen LogP contribution in [0.4, 0.5) is 0 Å². The van der Waals surface area contributed by atoms with Crippen molar-refractivity contribution >= 4 is 39.4 Å². The van der Waals surface area contributed by atoms with Crippen LogP contribution in [0.1, 0.15) is 18.9 Å². The van der Waals surface area contributed by atoms with Gasteiger partial charge in [0, 0.05) is 28.3 Å². The monoisotopic (exact) mass is 395 g/mol. The van der Waals surface area contributed by atoms with Crippen LogP contribution in [-0.4, -0.2) is 33.6 Å². The molecule has 6 nitrogen and oxygen atoms in total. The van der Waals surface area contributed by atoms with Crippen LogP contribution >= 0.6 is 27.5 Å². The summed E-state index contributed by atoms with van der Waals surface area (Å²) < 4.78 is 2.56. The van der Waals surface area contributed by atoms with Gasteiger partial charge in [0.15, 0.2) is 5.96 Å². The maximum Gasteiger partial charge on any atom is 0.231 e. The fourth-order valence-electron chi connectivity index (χ4n) is 2.53. The second-order valence-electron chi connectivity index (χ2n) is 5.74. The number of rotatable bonds is 2. The van der Waals surface area contributed by atoms with Gasteiger partial charge in [-0.2, -0.15) is 5.10 Å². The number of amides is 1. The van der Waals surface area contributed by atoms with E-state index in [1.54, 1.807) is 30.1 Å². The second-order valence-corrected chi connectivity index (χ2v) is 7.09. The van der Waals surface area contributed by atoms with E-state index in [1.165, 1.54) is 4.90 Å². The molecule has 8 heteroatoms. The van der Waals surface area contributed by atoms with E-state index in [0.29, 0.717) is 5.02 Å². The van der Waals surface area contributed by atoms with Crippen LogP contribution in [0, 0.1) is 5.41 Å². The van der Waals surface area contributed by atoms with Crippen molar-refractivity contribution in [3.63, 3.8) is 0 Å². The summed E-state index contributed by atoms with van der Waals surface area (Å²) in [4.78, 5) is 13.4. The normalized spacial score (nSPS) is 21.5. The van der Waals surface area contributed by atoms with Gasteiger partial charge in [-0.15, -0.1) is 0 Å². The number of carbonyl (C=O) groups is 1. The van der Waals surface area contributed by atoms with Crippen LogP contribution in [0.2, 0.25) is 5.02 Å². The summed E-state index contributed by atoms with van der Waals surface area (Å²) in [5, 5.41) is 15.9. The first-order chi connectivity index (χ1) is 10.8. The molecule has 0 radical (unpaired) electrons. The summed E-state index contributed by atoms with van der Waals surface area (Å²) >= 11 is 9.49. The van der Waals surface area contributed by atoms with Gasteiger partial charge < -0.3 is 5.32 Å².